The lowest BCUT2D eigenvalue weighted by molar-refractivity contribution is -0.120. The molecule has 0 aliphatic rings. The number of rotatable bonds is 5. The Bertz CT molecular complexity index is 369. The number of benzene rings is 1. The zero-order valence-electron chi connectivity index (χ0n) is 9.34. The normalized spacial score (nSPS) is 9.94. The Morgan fingerprint density at radius 2 is 2.25 bits per heavy atom. The van der Waals surface area contributed by atoms with E-state index in [4.69, 9.17) is 4.74 Å². The summed E-state index contributed by atoms with van der Waals surface area (Å²) >= 11 is 3.40. The highest BCUT2D eigenvalue weighted by Crippen LogP contribution is 2.25. The van der Waals surface area contributed by atoms with Crippen LogP contribution in [0.15, 0.2) is 22.7 Å². The van der Waals surface area contributed by atoms with E-state index in [1.165, 1.54) is 0 Å². The average molecular weight is 287 g/mol. The van der Waals surface area contributed by atoms with Crippen LogP contribution in [0.4, 0.5) is 0 Å². The van der Waals surface area contributed by atoms with Gasteiger partial charge in [-0.15, -0.1) is 0 Å². The number of likely N-dealkylation sites (N-methyl/N-ethyl adjacent to an activating group) is 1. The Hall–Kier alpha value is -1.07. The topological polar surface area (TPSA) is 50.4 Å². The third-order valence-corrected chi connectivity index (χ3v) is 2.66. The predicted octanol–water partition coefficient (Wildman–Crippen LogP) is 1.29. The molecule has 1 aromatic carbocycles. The summed E-state index contributed by atoms with van der Waals surface area (Å²) in [5.41, 5.74) is 1.03. The zero-order chi connectivity index (χ0) is 12.0. The molecule has 4 nitrogen and oxygen atoms in total. The predicted molar refractivity (Wildman–Crippen MR) is 66.5 cm³/mol. The van der Waals surface area contributed by atoms with E-state index in [0.29, 0.717) is 13.1 Å². The van der Waals surface area contributed by atoms with Crippen LogP contribution in [0.1, 0.15) is 5.56 Å². The fourth-order valence-electron chi connectivity index (χ4n) is 1.24. The maximum absolute atomic E-state index is 11.2. The molecule has 0 radical (unpaired) electrons. The SMILES string of the molecule is CNCC(=O)NCc1ccc(OC)c(Br)c1. The molecule has 1 amide bonds. The lowest BCUT2D eigenvalue weighted by Crippen LogP contribution is -2.31. The minimum Gasteiger partial charge on any atom is -0.496 e. The average Bonchev–Trinajstić information content (AvgIpc) is 2.27. The number of hydrogen-bond donors (Lipinski definition) is 2. The van der Waals surface area contributed by atoms with Gasteiger partial charge in [-0.1, -0.05) is 6.07 Å². The van der Waals surface area contributed by atoms with Crippen LogP contribution in [0.25, 0.3) is 0 Å². The Balaban J connectivity index is 2.55. The van der Waals surface area contributed by atoms with Crippen molar-refractivity contribution in [1.82, 2.24) is 10.6 Å². The summed E-state index contributed by atoms with van der Waals surface area (Å²) in [4.78, 5) is 11.2. The number of methoxy groups -OCH3 is 1. The van der Waals surface area contributed by atoms with Crippen molar-refractivity contribution >= 4 is 21.8 Å². The number of amides is 1. The summed E-state index contributed by atoms with van der Waals surface area (Å²) in [5, 5.41) is 5.59. The van der Waals surface area contributed by atoms with Crippen molar-refractivity contribution in [3.8, 4) is 5.75 Å². The van der Waals surface area contributed by atoms with Crippen molar-refractivity contribution in [2.24, 2.45) is 0 Å². The third kappa shape index (κ3) is 3.83. The number of ether oxygens (including phenoxy) is 1. The molecule has 0 fully saturated rings. The minimum absolute atomic E-state index is 0.0190. The highest BCUT2D eigenvalue weighted by atomic mass is 79.9. The summed E-state index contributed by atoms with van der Waals surface area (Å²) in [6.07, 6.45) is 0. The number of carbonyl (C=O) groups is 1. The molecule has 0 atom stereocenters. The highest BCUT2D eigenvalue weighted by Gasteiger charge is 2.03. The molecule has 88 valence electrons. The highest BCUT2D eigenvalue weighted by molar-refractivity contribution is 9.10. The fraction of sp³-hybridized carbons (Fsp3) is 0.364. The van der Waals surface area contributed by atoms with E-state index in [-0.39, 0.29) is 5.91 Å². The molecule has 0 aliphatic carbocycles. The zero-order valence-corrected chi connectivity index (χ0v) is 10.9. The molecule has 1 rings (SSSR count). The van der Waals surface area contributed by atoms with Gasteiger partial charge in [0.25, 0.3) is 0 Å². The standard InChI is InChI=1S/C11H15BrN2O2/c1-13-7-11(15)14-6-8-3-4-10(16-2)9(12)5-8/h3-5,13H,6-7H2,1-2H3,(H,14,15). The first-order valence-corrected chi connectivity index (χ1v) is 5.70. The van der Waals surface area contributed by atoms with Crippen LogP contribution in [-0.2, 0) is 11.3 Å². The summed E-state index contributed by atoms with van der Waals surface area (Å²) in [6.45, 7) is 0.848. The van der Waals surface area contributed by atoms with Gasteiger partial charge in [0, 0.05) is 6.54 Å². The second-order valence-electron chi connectivity index (χ2n) is 3.28. The quantitative estimate of drug-likeness (QED) is 0.858. The Kier molecular flexibility index (Phi) is 5.28. The first-order valence-electron chi connectivity index (χ1n) is 4.91. The van der Waals surface area contributed by atoms with Gasteiger partial charge in [-0.25, -0.2) is 0 Å². The molecule has 5 heteroatoms. The van der Waals surface area contributed by atoms with Gasteiger partial charge in [-0.05, 0) is 40.7 Å². The van der Waals surface area contributed by atoms with Crippen LogP contribution < -0.4 is 15.4 Å². The van der Waals surface area contributed by atoms with E-state index in [9.17, 15) is 4.79 Å². The van der Waals surface area contributed by atoms with E-state index in [2.05, 4.69) is 26.6 Å². The Morgan fingerprint density at radius 1 is 1.50 bits per heavy atom. The van der Waals surface area contributed by atoms with E-state index in [1.54, 1.807) is 14.2 Å². The van der Waals surface area contributed by atoms with Gasteiger partial charge in [-0.3, -0.25) is 4.79 Å². The monoisotopic (exact) mass is 286 g/mol. The van der Waals surface area contributed by atoms with Crippen LogP contribution in [0, 0.1) is 0 Å². The first kappa shape index (κ1) is 13.0. The molecule has 1 aromatic rings. The molecular weight excluding hydrogens is 272 g/mol. The minimum atomic E-state index is -0.0190. The van der Waals surface area contributed by atoms with Gasteiger partial charge in [0.05, 0.1) is 18.1 Å². The smallest absolute Gasteiger partial charge is 0.234 e. The second-order valence-corrected chi connectivity index (χ2v) is 4.13. The summed E-state index contributed by atoms with van der Waals surface area (Å²) in [7, 11) is 3.36. The van der Waals surface area contributed by atoms with E-state index in [0.717, 1.165) is 15.8 Å². The molecule has 16 heavy (non-hydrogen) atoms. The molecule has 0 spiro atoms. The lowest BCUT2D eigenvalue weighted by Gasteiger charge is -2.07. The van der Waals surface area contributed by atoms with Gasteiger partial charge in [0.2, 0.25) is 5.91 Å². The van der Waals surface area contributed by atoms with E-state index < -0.39 is 0 Å². The Labute approximate surface area is 103 Å². The van der Waals surface area contributed by atoms with Crippen molar-refractivity contribution in [3.63, 3.8) is 0 Å². The van der Waals surface area contributed by atoms with Crippen LogP contribution in [0.3, 0.4) is 0 Å². The number of carbonyl (C=O) groups excluding carboxylic acids is 1. The molecule has 0 heterocycles. The van der Waals surface area contributed by atoms with Crippen LogP contribution in [0.5, 0.6) is 5.75 Å². The molecular formula is C11H15BrN2O2. The molecule has 0 bridgehead atoms. The van der Waals surface area contributed by atoms with Crippen LogP contribution >= 0.6 is 15.9 Å². The molecule has 0 saturated heterocycles. The number of nitrogens with one attached hydrogen (secondary N) is 2. The van der Waals surface area contributed by atoms with Crippen molar-refractivity contribution in [2.45, 2.75) is 6.54 Å². The van der Waals surface area contributed by atoms with Gasteiger partial charge >= 0.3 is 0 Å². The fourth-order valence-corrected chi connectivity index (χ4v) is 1.83. The number of hydrogen-bond acceptors (Lipinski definition) is 3. The maximum Gasteiger partial charge on any atom is 0.234 e. The van der Waals surface area contributed by atoms with Crippen molar-refractivity contribution in [2.75, 3.05) is 20.7 Å². The lowest BCUT2D eigenvalue weighted by atomic mass is 10.2. The van der Waals surface area contributed by atoms with E-state index in [1.807, 2.05) is 18.2 Å². The first-order chi connectivity index (χ1) is 7.67. The summed E-state index contributed by atoms with van der Waals surface area (Å²) < 4.78 is 6.00. The second kappa shape index (κ2) is 6.50. The summed E-state index contributed by atoms with van der Waals surface area (Å²) in [5.74, 6) is 0.764. The molecule has 2 N–H and O–H groups in total. The number of halogens is 1. The van der Waals surface area contributed by atoms with Gasteiger partial charge in [-0.2, -0.15) is 0 Å². The largest absolute Gasteiger partial charge is 0.496 e. The third-order valence-electron chi connectivity index (χ3n) is 2.04. The van der Waals surface area contributed by atoms with Crippen molar-refractivity contribution in [3.05, 3.63) is 28.2 Å². The molecule has 0 unspecified atom stereocenters. The van der Waals surface area contributed by atoms with Crippen molar-refractivity contribution < 1.29 is 9.53 Å². The van der Waals surface area contributed by atoms with Crippen LogP contribution in [-0.4, -0.2) is 26.6 Å². The summed E-state index contributed by atoms with van der Waals surface area (Å²) in [6, 6.07) is 5.71. The maximum atomic E-state index is 11.2. The van der Waals surface area contributed by atoms with Gasteiger partial charge in [0.15, 0.2) is 0 Å². The Morgan fingerprint density at radius 3 is 2.81 bits per heavy atom. The van der Waals surface area contributed by atoms with Gasteiger partial charge in [0.1, 0.15) is 5.75 Å². The van der Waals surface area contributed by atoms with E-state index >= 15 is 0 Å². The van der Waals surface area contributed by atoms with Crippen molar-refractivity contribution in [1.29, 1.82) is 0 Å². The van der Waals surface area contributed by atoms with Gasteiger partial charge < -0.3 is 15.4 Å². The van der Waals surface area contributed by atoms with Crippen LogP contribution in [0.2, 0.25) is 0 Å². The molecule has 0 aromatic heterocycles. The molecule has 0 aliphatic heterocycles. The molecule has 0 saturated carbocycles.